The molecule has 0 aliphatic heterocycles. The van der Waals surface area contributed by atoms with Crippen molar-refractivity contribution in [1.82, 2.24) is 9.97 Å². The highest BCUT2D eigenvalue weighted by molar-refractivity contribution is 6.74. The van der Waals surface area contributed by atoms with Gasteiger partial charge in [-0.3, -0.25) is 10.1 Å². The molecule has 0 atom stereocenters. The van der Waals surface area contributed by atoms with E-state index in [0.29, 0.717) is 35.4 Å². The van der Waals surface area contributed by atoms with Gasteiger partial charge in [-0.05, 0) is 36.3 Å². The van der Waals surface area contributed by atoms with Crippen LogP contribution in [0.15, 0.2) is 36.7 Å². The normalized spacial score (nSPS) is 12.1. The summed E-state index contributed by atoms with van der Waals surface area (Å²) < 4.78 is 25.3. The second-order valence-corrected chi connectivity index (χ2v) is 14.6. The zero-order chi connectivity index (χ0) is 25.1. The standard InChI is InChI=1S/C23H28ClFN4O4Si/c1-23(2,3)34(4,5)33-10-6-9-32-21-13-19-16(12-20(21)29(30)31)22(27-14-26-19)28-15-7-8-18(25)17(24)11-15/h7-8,11-14H,6,9-10H2,1-5H3,(H,26,27,28). The number of ether oxygens (including phenoxy) is 1. The smallest absolute Gasteiger partial charge is 0.311 e. The Morgan fingerprint density at radius 3 is 2.56 bits per heavy atom. The van der Waals surface area contributed by atoms with Crippen LogP contribution in [0.25, 0.3) is 10.9 Å². The highest BCUT2D eigenvalue weighted by Gasteiger charge is 2.36. The number of nitro groups is 1. The lowest BCUT2D eigenvalue weighted by Crippen LogP contribution is -2.41. The van der Waals surface area contributed by atoms with Gasteiger partial charge < -0.3 is 14.5 Å². The van der Waals surface area contributed by atoms with Gasteiger partial charge in [-0.2, -0.15) is 0 Å². The third kappa shape index (κ3) is 5.99. The molecule has 0 spiro atoms. The van der Waals surface area contributed by atoms with Crippen molar-refractivity contribution in [2.45, 2.75) is 45.3 Å². The van der Waals surface area contributed by atoms with Gasteiger partial charge in [0.2, 0.25) is 0 Å². The third-order valence-electron chi connectivity index (χ3n) is 5.91. The second kappa shape index (κ2) is 10.2. The zero-order valence-corrected chi connectivity index (χ0v) is 21.6. The fraction of sp³-hybridized carbons (Fsp3) is 0.391. The number of rotatable bonds is 9. The minimum Gasteiger partial charge on any atom is -0.487 e. The Morgan fingerprint density at radius 2 is 1.91 bits per heavy atom. The molecule has 0 saturated carbocycles. The molecule has 1 N–H and O–H groups in total. The lowest BCUT2D eigenvalue weighted by molar-refractivity contribution is -0.385. The number of hydrogen-bond donors (Lipinski definition) is 1. The molecule has 0 aliphatic carbocycles. The van der Waals surface area contributed by atoms with E-state index in [4.69, 9.17) is 20.8 Å². The molecule has 1 aromatic heterocycles. The van der Waals surface area contributed by atoms with Crippen LogP contribution in [0.5, 0.6) is 5.75 Å². The number of fused-ring (bicyclic) bond motifs is 1. The maximum Gasteiger partial charge on any atom is 0.311 e. The predicted molar refractivity (Wildman–Crippen MR) is 134 cm³/mol. The number of nitrogens with one attached hydrogen (secondary N) is 1. The van der Waals surface area contributed by atoms with Crippen molar-refractivity contribution >= 4 is 48.0 Å². The Labute approximate surface area is 203 Å². The van der Waals surface area contributed by atoms with Crippen LogP contribution in [-0.2, 0) is 4.43 Å². The van der Waals surface area contributed by atoms with Gasteiger partial charge in [-0.1, -0.05) is 32.4 Å². The molecule has 1 heterocycles. The predicted octanol–water partition coefficient (Wildman–Crippen LogP) is 6.86. The lowest BCUT2D eigenvalue weighted by Gasteiger charge is -2.36. The summed E-state index contributed by atoms with van der Waals surface area (Å²) in [5.41, 5.74) is 0.743. The topological polar surface area (TPSA) is 99.4 Å². The highest BCUT2D eigenvalue weighted by atomic mass is 35.5. The van der Waals surface area contributed by atoms with Crippen molar-refractivity contribution in [3.63, 3.8) is 0 Å². The number of nitro benzene ring substituents is 1. The van der Waals surface area contributed by atoms with E-state index in [9.17, 15) is 14.5 Å². The Kier molecular flexibility index (Phi) is 7.74. The zero-order valence-electron chi connectivity index (χ0n) is 19.8. The fourth-order valence-electron chi connectivity index (χ4n) is 2.93. The average molecular weight is 507 g/mol. The number of halogens is 2. The fourth-order valence-corrected chi connectivity index (χ4v) is 4.19. The molecule has 0 saturated heterocycles. The quantitative estimate of drug-likeness (QED) is 0.146. The van der Waals surface area contributed by atoms with Gasteiger partial charge in [0.1, 0.15) is 18.0 Å². The monoisotopic (exact) mass is 506 g/mol. The minimum absolute atomic E-state index is 0.0532. The van der Waals surface area contributed by atoms with Gasteiger partial charge in [0.15, 0.2) is 14.1 Å². The Balaban J connectivity index is 1.77. The largest absolute Gasteiger partial charge is 0.487 e. The van der Waals surface area contributed by atoms with Crippen LogP contribution < -0.4 is 10.1 Å². The molecule has 3 aromatic rings. The molecule has 182 valence electrons. The molecular weight excluding hydrogens is 479 g/mol. The molecule has 8 nitrogen and oxygen atoms in total. The molecule has 0 aliphatic rings. The molecule has 34 heavy (non-hydrogen) atoms. The van der Waals surface area contributed by atoms with Gasteiger partial charge in [0.05, 0.1) is 27.5 Å². The molecule has 11 heteroatoms. The van der Waals surface area contributed by atoms with Crippen molar-refractivity contribution < 1.29 is 18.5 Å². The van der Waals surface area contributed by atoms with Crippen molar-refractivity contribution in [1.29, 1.82) is 0 Å². The van der Waals surface area contributed by atoms with E-state index >= 15 is 0 Å². The first kappa shape index (κ1) is 25.8. The maximum atomic E-state index is 13.5. The van der Waals surface area contributed by atoms with Crippen LogP contribution in [0.2, 0.25) is 23.2 Å². The third-order valence-corrected chi connectivity index (χ3v) is 10.7. The minimum atomic E-state index is -1.86. The number of benzene rings is 2. The molecule has 0 radical (unpaired) electrons. The summed E-state index contributed by atoms with van der Waals surface area (Å²) in [5.74, 6) is -0.101. The van der Waals surface area contributed by atoms with Gasteiger partial charge in [-0.15, -0.1) is 0 Å². The van der Waals surface area contributed by atoms with E-state index < -0.39 is 19.1 Å². The van der Waals surface area contributed by atoms with E-state index in [0.717, 1.165) is 0 Å². The van der Waals surface area contributed by atoms with Crippen LogP contribution in [0.3, 0.4) is 0 Å². The molecule has 2 aromatic carbocycles. The van der Waals surface area contributed by atoms with E-state index in [-0.39, 0.29) is 28.1 Å². The number of hydrogen-bond acceptors (Lipinski definition) is 7. The van der Waals surface area contributed by atoms with E-state index in [2.05, 4.69) is 49.1 Å². The summed E-state index contributed by atoms with van der Waals surface area (Å²) >= 11 is 5.84. The lowest BCUT2D eigenvalue weighted by atomic mass is 10.2. The van der Waals surface area contributed by atoms with Crippen molar-refractivity contribution in [3.05, 3.63) is 57.6 Å². The molecule has 0 unspecified atom stereocenters. The van der Waals surface area contributed by atoms with E-state index in [1.807, 2.05) is 0 Å². The first-order chi connectivity index (χ1) is 15.9. The van der Waals surface area contributed by atoms with Crippen LogP contribution in [0, 0.1) is 15.9 Å². The van der Waals surface area contributed by atoms with E-state index in [1.54, 1.807) is 0 Å². The Hall–Kier alpha value is -2.82. The summed E-state index contributed by atoms with van der Waals surface area (Å²) in [6.45, 7) is 11.7. The first-order valence-electron chi connectivity index (χ1n) is 10.8. The van der Waals surface area contributed by atoms with Gasteiger partial charge >= 0.3 is 5.69 Å². The van der Waals surface area contributed by atoms with Crippen molar-refractivity contribution in [3.8, 4) is 5.75 Å². The van der Waals surface area contributed by atoms with Crippen molar-refractivity contribution in [2.75, 3.05) is 18.5 Å². The van der Waals surface area contributed by atoms with Crippen LogP contribution in [0.4, 0.5) is 21.6 Å². The van der Waals surface area contributed by atoms with E-state index in [1.165, 1.54) is 36.7 Å². The molecule has 0 amide bonds. The number of aromatic nitrogens is 2. The summed E-state index contributed by atoms with van der Waals surface area (Å²) in [4.78, 5) is 19.6. The summed E-state index contributed by atoms with van der Waals surface area (Å²) in [7, 11) is -1.86. The van der Waals surface area contributed by atoms with Crippen LogP contribution in [-0.4, -0.2) is 36.4 Å². The average Bonchev–Trinajstić information content (AvgIpc) is 2.74. The van der Waals surface area contributed by atoms with Crippen LogP contribution in [0.1, 0.15) is 27.2 Å². The summed E-state index contributed by atoms with van der Waals surface area (Å²) in [5, 5.41) is 15.2. The second-order valence-electron chi connectivity index (χ2n) is 9.38. The SMILES string of the molecule is CC(C)(C)[Si](C)(C)OCCCOc1cc2ncnc(Nc3ccc(F)c(Cl)c3)c2cc1[N+](=O)[O-]. The Bertz CT molecular complexity index is 1200. The molecule has 0 bridgehead atoms. The van der Waals surface area contributed by atoms with Gasteiger partial charge in [0, 0.05) is 30.8 Å². The maximum absolute atomic E-state index is 13.5. The summed E-state index contributed by atoms with van der Waals surface area (Å²) in [6, 6.07) is 7.00. The highest BCUT2D eigenvalue weighted by Crippen LogP contribution is 2.37. The first-order valence-corrected chi connectivity index (χ1v) is 14.1. The molecule has 0 fully saturated rings. The number of anilines is 2. The van der Waals surface area contributed by atoms with Gasteiger partial charge in [0.25, 0.3) is 0 Å². The Morgan fingerprint density at radius 1 is 1.18 bits per heavy atom. The van der Waals surface area contributed by atoms with Crippen LogP contribution >= 0.6 is 11.6 Å². The molecule has 3 rings (SSSR count). The van der Waals surface area contributed by atoms with Crippen molar-refractivity contribution in [2.24, 2.45) is 0 Å². The number of nitrogens with zero attached hydrogens (tertiary/aromatic N) is 3. The molecular formula is C23H28ClFN4O4Si. The van der Waals surface area contributed by atoms with Gasteiger partial charge in [-0.25, -0.2) is 14.4 Å². The summed E-state index contributed by atoms with van der Waals surface area (Å²) in [6.07, 6.45) is 1.93.